The van der Waals surface area contributed by atoms with Crippen LogP contribution in [0, 0.1) is 18.6 Å². The van der Waals surface area contributed by atoms with Gasteiger partial charge in [-0.1, -0.05) is 35.9 Å². The van der Waals surface area contributed by atoms with Crippen molar-refractivity contribution in [2.45, 2.75) is 18.3 Å². The van der Waals surface area contributed by atoms with E-state index < -0.39 is 10.7 Å². The molecule has 4 nitrogen and oxygen atoms in total. The summed E-state index contributed by atoms with van der Waals surface area (Å²) in [7, 11) is 0. The summed E-state index contributed by atoms with van der Waals surface area (Å²) < 4.78 is 27.8. The highest BCUT2D eigenvalue weighted by Gasteiger charge is 2.59. The van der Waals surface area contributed by atoms with E-state index in [1.54, 1.807) is 28.0 Å². The Morgan fingerprint density at radius 3 is 2.56 bits per heavy atom. The van der Waals surface area contributed by atoms with Crippen molar-refractivity contribution < 1.29 is 18.4 Å². The average Bonchev–Trinajstić information content (AvgIpc) is 3.32. The number of amides is 2. The lowest BCUT2D eigenvalue weighted by molar-refractivity contribution is -0.123. The Bertz CT molecular complexity index is 1230. The molecule has 5 rings (SSSR count). The maximum Gasteiger partial charge on any atom is 0.268 e. The van der Waals surface area contributed by atoms with Crippen LogP contribution in [-0.2, 0) is 16.2 Å². The van der Waals surface area contributed by atoms with Gasteiger partial charge in [0.15, 0.2) is 4.87 Å². The van der Waals surface area contributed by atoms with Gasteiger partial charge in [-0.3, -0.25) is 9.59 Å². The Hall–Kier alpha value is -3.19. The summed E-state index contributed by atoms with van der Waals surface area (Å²) in [5, 5.41) is 0. The second kappa shape index (κ2) is 7.74. The van der Waals surface area contributed by atoms with E-state index >= 15 is 0 Å². The molecular formula is C25H20F2N2O2S. The zero-order valence-corrected chi connectivity index (χ0v) is 18.2. The van der Waals surface area contributed by atoms with Gasteiger partial charge in [0.05, 0.1) is 12.2 Å². The lowest BCUT2D eigenvalue weighted by Gasteiger charge is -2.33. The Balaban J connectivity index is 1.60. The maximum absolute atomic E-state index is 14.4. The molecule has 3 aromatic rings. The lowest BCUT2D eigenvalue weighted by Crippen LogP contribution is -2.50. The van der Waals surface area contributed by atoms with Gasteiger partial charge in [-0.25, -0.2) is 8.78 Å². The third-order valence-corrected chi connectivity index (χ3v) is 7.39. The summed E-state index contributed by atoms with van der Waals surface area (Å²) in [6.07, 6.45) is 0. The van der Waals surface area contributed by atoms with Crippen molar-refractivity contribution in [3.63, 3.8) is 0 Å². The number of nitrogens with zero attached hydrogens (tertiary/aromatic N) is 2. The molecule has 2 heterocycles. The monoisotopic (exact) mass is 450 g/mol. The first-order valence-electron chi connectivity index (χ1n) is 10.3. The number of halogens is 2. The second-order valence-corrected chi connectivity index (χ2v) is 9.25. The van der Waals surface area contributed by atoms with Crippen LogP contribution < -0.4 is 4.90 Å². The van der Waals surface area contributed by atoms with Crippen molar-refractivity contribution in [3.05, 3.63) is 101 Å². The molecule has 0 N–H and O–H groups in total. The molecule has 7 heteroatoms. The van der Waals surface area contributed by atoms with Crippen LogP contribution in [0.25, 0.3) is 0 Å². The number of carbonyl (C=O) groups excluding carboxylic acids is 2. The van der Waals surface area contributed by atoms with Gasteiger partial charge in [-0.15, -0.1) is 11.8 Å². The minimum Gasteiger partial charge on any atom is -0.311 e. The molecule has 1 saturated heterocycles. The highest BCUT2D eigenvalue weighted by Crippen LogP contribution is 2.55. The molecule has 162 valence electrons. The van der Waals surface area contributed by atoms with Crippen LogP contribution in [0.4, 0.5) is 14.5 Å². The van der Waals surface area contributed by atoms with Crippen LogP contribution in [0.5, 0.6) is 0 Å². The van der Waals surface area contributed by atoms with Crippen molar-refractivity contribution >= 4 is 29.3 Å². The number of rotatable bonds is 3. The zero-order chi connectivity index (χ0) is 22.5. The highest BCUT2D eigenvalue weighted by atomic mass is 32.2. The molecule has 0 radical (unpaired) electrons. The van der Waals surface area contributed by atoms with Crippen molar-refractivity contribution in [2.75, 3.05) is 17.2 Å². The molecule has 0 unspecified atom stereocenters. The average molecular weight is 451 g/mol. The molecule has 32 heavy (non-hydrogen) atoms. The minimum absolute atomic E-state index is 0.0719. The fourth-order valence-electron chi connectivity index (χ4n) is 4.43. The van der Waals surface area contributed by atoms with E-state index in [1.807, 2.05) is 25.1 Å². The van der Waals surface area contributed by atoms with Gasteiger partial charge in [0.25, 0.3) is 11.8 Å². The predicted molar refractivity (Wildman–Crippen MR) is 120 cm³/mol. The summed E-state index contributed by atoms with van der Waals surface area (Å²) >= 11 is 1.41. The number of hydrogen-bond acceptors (Lipinski definition) is 3. The van der Waals surface area contributed by atoms with E-state index in [1.165, 1.54) is 42.1 Å². The molecule has 2 aliphatic rings. The summed E-state index contributed by atoms with van der Waals surface area (Å²) in [6, 6.07) is 17.4. The minimum atomic E-state index is -1.22. The van der Waals surface area contributed by atoms with Gasteiger partial charge >= 0.3 is 0 Å². The molecule has 0 saturated carbocycles. The summed E-state index contributed by atoms with van der Waals surface area (Å²) in [5.41, 5.74) is 3.10. The van der Waals surface area contributed by atoms with Crippen molar-refractivity contribution in [1.82, 2.24) is 4.90 Å². The molecule has 2 amide bonds. The highest BCUT2D eigenvalue weighted by molar-refractivity contribution is 8.01. The summed E-state index contributed by atoms with van der Waals surface area (Å²) in [6.45, 7) is 2.39. The smallest absolute Gasteiger partial charge is 0.268 e. The molecule has 1 atom stereocenters. The van der Waals surface area contributed by atoms with Crippen molar-refractivity contribution in [2.24, 2.45) is 0 Å². The Labute approximate surface area is 188 Å². The van der Waals surface area contributed by atoms with E-state index in [0.29, 0.717) is 29.1 Å². The SMILES string of the molecule is Cc1ccc2c(c1)[C@@]1(SCCN1C(=O)c1ccc(F)cc1)C(=O)N2Cc1ccccc1F. The first-order chi connectivity index (χ1) is 15.4. The van der Waals surface area contributed by atoms with Crippen LogP contribution in [-0.4, -0.2) is 29.0 Å². The van der Waals surface area contributed by atoms with E-state index in [-0.39, 0.29) is 24.2 Å². The molecule has 2 aliphatic heterocycles. The third kappa shape index (κ3) is 3.11. The fraction of sp³-hybridized carbons (Fsp3) is 0.200. The number of anilines is 1. The normalized spacial score (nSPS) is 19.7. The van der Waals surface area contributed by atoms with Gasteiger partial charge in [-0.05, 0) is 43.3 Å². The molecule has 0 aromatic heterocycles. The van der Waals surface area contributed by atoms with Crippen LogP contribution in [0.15, 0.2) is 66.7 Å². The Kier molecular flexibility index (Phi) is 5.01. The number of aryl methyl sites for hydroxylation is 1. The fourth-order valence-corrected chi connectivity index (χ4v) is 5.88. The zero-order valence-electron chi connectivity index (χ0n) is 17.3. The quantitative estimate of drug-likeness (QED) is 0.572. The summed E-state index contributed by atoms with van der Waals surface area (Å²) in [5.74, 6) is -0.823. The van der Waals surface area contributed by atoms with Gasteiger partial charge in [0, 0.05) is 29.0 Å². The number of benzene rings is 3. The van der Waals surface area contributed by atoms with Gasteiger partial charge in [0.2, 0.25) is 0 Å². The maximum atomic E-state index is 14.4. The first kappa shape index (κ1) is 20.7. The Morgan fingerprint density at radius 1 is 1.06 bits per heavy atom. The van der Waals surface area contributed by atoms with Crippen LogP contribution in [0.1, 0.15) is 27.0 Å². The lowest BCUT2D eigenvalue weighted by atomic mass is 10.0. The predicted octanol–water partition coefficient (Wildman–Crippen LogP) is 4.86. The largest absolute Gasteiger partial charge is 0.311 e. The standard InChI is InChI=1S/C25H20F2N2O2S/c1-16-6-11-22-20(14-16)25(24(31)28(22)15-18-4-2-3-5-21(18)27)29(12-13-32-25)23(30)17-7-9-19(26)10-8-17/h2-11,14H,12-13,15H2,1H3/t25-/m1/s1. The van der Waals surface area contributed by atoms with E-state index in [0.717, 1.165) is 11.1 Å². The van der Waals surface area contributed by atoms with Gasteiger partial charge in [-0.2, -0.15) is 0 Å². The van der Waals surface area contributed by atoms with E-state index in [4.69, 9.17) is 0 Å². The molecule has 1 fully saturated rings. The molecule has 0 bridgehead atoms. The number of thioether (sulfide) groups is 1. The van der Waals surface area contributed by atoms with Crippen LogP contribution in [0.3, 0.4) is 0 Å². The summed E-state index contributed by atoms with van der Waals surface area (Å²) in [4.78, 5) is 29.3. The van der Waals surface area contributed by atoms with E-state index in [2.05, 4.69) is 0 Å². The number of hydrogen-bond donors (Lipinski definition) is 0. The second-order valence-electron chi connectivity index (χ2n) is 7.96. The van der Waals surface area contributed by atoms with Gasteiger partial charge in [0.1, 0.15) is 11.6 Å². The van der Waals surface area contributed by atoms with E-state index in [9.17, 15) is 18.4 Å². The third-order valence-electron chi connectivity index (χ3n) is 5.97. The van der Waals surface area contributed by atoms with Crippen LogP contribution in [0.2, 0.25) is 0 Å². The number of fused-ring (bicyclic) bond motifs is 2. The van der Waals surface area contributed by atoms with Crippen molar-refractivity contribution in [3.8, 4) is 0 Å². The molecule has 3 aromatic carbocycles. The molecular weight excluding hydrogens is 430 g/mol. The van der Waals surface area contributed by atoms with Crippen LogP contribution >= 0.6 is 11.8 Å². The molecule has 1 spiro atoms. The Morgan fingerprint density at radius 2 is 1.81 bits per heavy atom. The first-order valence-corrected chi connectivity index (χ1v) is 11.3. The van der Waals surface area contributed by atoms with Gasteiger partial charge < -0.3 is 9.80 Å². The van der Waals surface area contributed by atoms with Crippen molar-refractivity contribution in [1.29, 1.82) is 0 Å². The topological polar surface area (TPSA) is 40.6 Å². The molecule has 0 aliphatic carbocycles. The number of carbonyl (C=O) groups is 2.